The number of hydrogen-bond acceptors (Lipinski definition) is 2. The zero-order valence-electron chi connectivity index (χ0n) is 13.5. The number of benzene rings is 1. The lowest BCUT2D eigenvalue weighted by Gasteiger charge is -2.29. The highest BCUT2D eigenvalue weighted by Gasteiger charge is 2.37. The minimum Gasteiger partial charge on any atom is -0.391 e. The summed E-state index contributed by atoms with van der Waals surface area (Å²) in [5, 5.41) is 2.54. The second-order valence-corrected chi connectivity index (χ2v) is 11.6. The first-order valence-corrected chi connectivity index (χ1v) is 12.5. The van der Waals surface area contributed by atoms with Gasteiger partial charge in [-0.25, -0.2) is 0 Å². The zero-order valence-corrected chi connectivity index (χ0v) is 15.7. The van der Waals surface area contributed by atoms with Gasteiger partial charge in [0.1, 0.15) is 0 Å². The molecule has 1 aromatic rings. The number of rotatable bonds is 8. The van der Waals surface area contributed by atoms with Crippen molar-refractivity contribution in [1.82, 2.24) is 0 Å². The van der Waals surface area contributed by atoms with E-state index in [0.717, 1.165) is 6.04 Å². The van der Waals surface area contributed by atoms with E-state index in [0.29, 0.717) is 13.2 Å². The van der Waals surface area contributed by atoms with Gasteiger partial charge in [-0.1, -0.05) is 56.1 Å². The van der Waals surface area contributed by atoms with Crippen LogP contribution in [0.2, 0.25) is 19.1 Å². The molecule has 0 aromatic heterocycles. The number of hydrogen-bond donors (Lipinski definition) is 0. The van der Waals surface area contributed by atoms with E-state index in [1.54, 1.807) is 0 Å². The van der Waals surface area contributed by atoms with Crippen LogP contribution in [0.25, 0.3) is 5.20 Å². The fourth-order valence-corrected chi connectivity index (χ4v) is 6.05. The van der Waals surface area contributed by atoms with Crippen LogP contribution < -0.4 is 5.19 Å². The van der Waals surface area contributed by atoms with Gasteiger partial charge in [0, 0.05) is 13.2 Å². The van der Waals surface area contributed by atoms with Gasteiger partial charge >= 0.3 is 8.56 Å². The molecule has 0 heterocycles. The fourth-order valence-electron chi connectivity index (χ4n) is 2.35. The highest BCUT2D eigenvalue weighted by atomic mass is 28.4. The molecule has 112 valence electrons. The summed E-state index contributed by atoms with van der Waals surface area (Å²) >= 11 is 0. The second-order valence-electron chi connectivity index (χ2n) is 5.23. The Labute approximate surface area is 126 Å². The third-order valence-corrected chi connectivity index (χ3v) is 8.99. The molecule has 1 aromatic carbocycles. The van der Waals surface area contributed by atoms with Crippen LogP contribution in [0.4, 0.5) is 0 Å². The van der Waals surface area contributed by atoms with Crippen molar-refractivity contribution in [2.24, 2.45) is 0 Å². The van der Waals surface area contributed by atoms with Crippen LogP contribution in [-0.2, 0) is 8.85 Å². The van der Waals surface area contributed by atoms with Crippen molar-refractivity contribution < 1.29 is 8.85 Å². The molecule has 2 nitrogen and oxygen atoms in total. The quantitative estimate of drug-likeness (QED) is 0.685. The smallest absolute Gasteiger partial charge is 0.372 e. The Hall–Kier alpha value is -0.686. The predicted octanol–water partition coefficient (Wildman–Crippen LogP) is 3.47. The fraction of sp³-hybridized carbons (Fsp3) is 0.500. The molecule has 0 amide bonds. The van der Waals surface area contributed by atoms with E-state index in [9.17, 15) is 0 Å². The standard InChI is InChI=1S/C16H28O2Si2/c1-7-17-20(9-3,18-8-2)16-12-10-15(11-13-16)14(4)19(5)6/h10-13,19H,4,7-9H2,1-3,5-6H3. The summed E-state index contributed by atoms with van der Waals surface area (Å²) in [7, 11) is -3.08. The highest BCUT2D eigenvalue weighted by Crippen LogP contribution is 2.18. The minimum absolute atomic E-state index is 0.702. The highest BCUT2D eigenvalue weighted by molar-refractivity contribution is 6.81. The van der Waals surface area contributed by atoms with Crippen LogP contribution in [0.5, 0.6) is 0 Å². The second kappa shape index (κ2) is 7.93. The molecular weight excluding hydrogens is 280 g/mol. The molecule has 0 fully saturated rings. The molecular formula is C16H28O2Si2. The monoisotopic (exact) mass is 308 g/mol. The molecule has 0 unspecified atom stereocenters. The topological polar surface area (TPSA) is 18.5 Å². The summed E-state index contributed by atoms with van der Waals surface area (Å²) < 4.78 is 12.1. The Bertz CT molecular complexity index is 421. The first-order valence-electron chi connectivity index (χ1n) is 7.58. The van der Waals surface area contributed by atoms with Crippen LogP contribution in [0.15, 0.2) is 30.8 Å². The van der Waals surface area contributed by atoms with E-state index in [1.807, 2.05) is 13.8 Å². The lowest BCUT2D eigenvalue weighted by Crippen LogP contribution is -2.53. The van der Waals surface area contributed by atoms with Crippen LogP contribution in [0.3, 0.4) is 0 Å². The maximum atomic E-state index is 6.06. The van der Waals surface area contributed by atoms with Crippen molar-refractivity contribution >= 4 is 27.7 Å². The van der Waals surface area contributed by atoms with Crippen molar-refractivity contribution in [2.45, 2.75) is 39.9 Å². The van der Waals surface area contributed by atoms with Crippen LogP contribution in [0.1, 0.15) is 26.3 Å². The molecule has 0 saturated carbocycles. The van der Waals surface area contributed by atoms with Crippen LogP contribution in [0, 0.1) is 0 Å². The molecule has 0 aliphatic carbocycles. The van der Waals surface area contributed by atoms with Gasteiger partial charge in [0.2, 0.25) is 0 Å². The molecule has 0 saturated heterocycles. The van der Waals surface area contributed by atoms with Gasteiger partial charge in [0.15, 0.2) is 0 Å². The van der Waals surface area contributed by atoms with E-state index >= 15 is 0 Å². The largest absolute Gasteiger partial charge is 0.391 e. The van der Waals surface area contributed by atoms with Crippen molar-refractivity contribution in [2.75, 3.05) is 13.2 Å². The lowest BCUT2D eigenvalue weighted by molar-refractivity contribution is 0.197. The van der Waals surface area contributed by atoms with Crippen molar-refractivity contribution in [3.8, 4) is 0 Å². The van der Waals surface area contributed by atoms with E-state index in [2.05, 4.69) is 50.9 Å². The SMILES string of the molecule is C=C(c1ccc([Si](CC)(OCC)OCC)cc1)[SiH](C)C. The van der Waals surface area contributed by atoms with Crippen molar-refractivity contribution in [3.63, 3.8) is 0 Å². The summed E-state index contributed by atoms with van der Waals surface area (Å²) in [6, 6.07) is 9.66. The Balaban J connectivity index is 3.07. The minimum atomic E-state index is -2.25. The summed E-state index contributed by atoms with van der Waals surface area (Å²) in [4.78, 5) is 0. The summed E-state index contributed by atoms with van der Waals surface area (Å²) in [5.41, 5.74) is 1.27. The first kappa shape index (κ1) is 17.4. The lowest BCUT2D eigenvalue weighted by atomic mass is 10.2. The van der Waals surface area contributed by atoms with Gasteiger partial charge < -0.3 is 8.85 Å². The van der Waals surface area contributed by atoms with Gasteiger partial charge in [-0.2, -0.15) is 0 Å². The van der Waals surface area contributed by atoms with Gasteiger partial charge in [0.25, 0.3) is 0 Å². The Morgan fingerprint density at radius 2 is 1.55 bits per heavy atom. The van der Waals surface area contributed by atoms with Crippen molar-refractivity contribution in [3.05, 3.63) is 36.4 Å². The molecule has 20 heavy (non-hydrogen) atoms. The molecule has 0 atom stereocenters. The molecule has 0 aliphatic heterocycles. The van der Waals surface area contributed by atoms with Gasteiger partial charge in [-0.05, 0) is 30.6 Å². The zero-order chi connectivity index (χ0) is 15.2. The normalized spacial score (nSPS) is 11.9. The average molecular weight is 309 g/mol. The third-order valence-electron chi connectivity index (χ3n) is 3.61. The summed E-state index contributed by atoms with van der Waals surface area (Å²) in [6.07, 6.45) is 0. The van der Waals surface area contributed by atoms with E-state index in [-0.39, 0.29) is 0 Å². The maximum Gasteiger partial charge on any atom is 0.372 e. The summed E-state index contributed by atoms with van der Waals surface area (Å²) in [5.74, 6) is 0. The Kier molecular flexibility index (Phi) is 6.88. The van der Waals surface area contributed by atoms with Crippen LogP contribution in [-0.4, -0.2) is 30.6 Å². The van der Waals surface area contributed by atoms with Crippen LogP contribution >= 0.6 is 0 Å². The Morgan fingerprint density at radius 3 is 1.90 bits per heavy atom. The summed E-state index contributed by atoms with van der Waals surface area (Å²) in [6.45, 7) is 16.5. The third kappa shape index (κ3) is 3.91. The Morgan fingerprint density at radius 1 is 1.05 bits per heavy atom. The molecule has 0 N–H and O–H groups in total. The maximum absolute atomic E-state index is 6.06. The van der Waals surface area contributed by atoms with Crippen molar-refractivity contribution in [1.29, 1.82) is 0 Å². The first-order chi connectivity index (χ1) is 9.50. The molecule has 0 bridgehead atoms. The average Bonchev–Trinajstić information content (AvgIpc) is 2.46. The molecule has 0 aliphatic rings. The van der Waals surface area contributed by atoms with E-state index in [1.165, 1.54) is 15.9 Å². The van der Waals surface area contributed by atoms with E-state index < -0.39 is 17.4 Å². The molecule has 4 heteroatoms. The van der Waals surface area contributed by atoms with E-state index in [4.69, 9.17) is 8.85 Å². The predicted molar refractivity (Wildman–Crippen MR) is 93.5 cm³/mol. The van der Waals surface area contributed by atoms with Gasteiger partial charge in [-0.3, -0.25) is 0 Å². The molecule has 1 rings (SSSR count). The molecule has 0 radical (unpaired) electrons. The van der Waals surface area contributed by atoms with Gasteiger partial charge in [0.05, 0.1) is 8.80 Å². The molecule has 0 spiro atoms. The van der Waals surface area contributed by atoms with Gasteiger partial charge in [-0.15, -0.1) is 0 Å².